The third-order valence-electron chi connectivity index (χ3n) is 5.53. The number of carbonyl (C=O) groups is 2. The molecule has 2 N–H and O–H groups in total. The van der Waals surface area contributed by atoms with Crippen LogP contribution >= 0.6 is 11.8 Å². The molecule has 0 aliphatic heterocycles. The van der Waals surface area contributed by atoms with Gasteiger partial charge < -0.3 is 15.2 Å². The van der Waals surface area contributed by atoms with Crippen LogP contribution in [0.2, 0.25) is 0 Å². The fourth-order valence-corrected chi connectivity index (χ4v) is 4.68. The van der Waals surface area contributed by atoms with E-state index in [2.05, 4.69) is 21.7 Å². The molecule has 0 bridgehead atoms. The van der Waals surface area contributed by atoms with E-state index in [1.807, 2.05) is 28.8 Å². The lowest BCUT2D eigenvalue weighted by molar-refractivity contribution is -0.121. The van der Waals surface area contributed by atoms with Crippen LogP contribution in [0.4, 0.5) is 10.1 Å². The first-order valence-electron chi connectivity index (χ1n) is 11.2. The number of aromatic nitrogens is 2. The van der Waals surface area contributed by atoms with Gasteiger partial charge in [0.25, 0.3) is 0 Å². The number of para-hydroxylation sites is 2. The summed E-state index contributed by atoms with van der Waals surface area (Å²) in [7, 11) is 0. The number of fused-ring (bicyclic) bond motifs is 1. The molecular formula is C25H27FN4O2S. The van der Waals surface area contributed by atoms with Crippen LogP contribution in [0.5, 0.6) is 0 Å². The third-order valence-corrected chi connectivity index (χ3v) is 6.51. The summed E-state index contributed by atoms with van der Waals surface area (Å²) in [4.78, 5) is 29.6. The first-order valence-corrected chi connectivity index (χ1v) is 12.1. The Morgan fingerprint density at radius 2 is 1.88 bits per heavy atom. The minimum absolute atomic E-state index is 0.0767. The summed E-state index contributed by atoms with van der Waals surface area (Å²) < 4.78 is 14.9. The van der Waals surface area contributed by atoms with E-state index in [1.165, 1.54) is 54.4 Å². The molecule has 0 fully saturated rings. The van der Waals surface area contributed by atoms with E-state index in [-0.39, 0.29) is 29.9 Å². The Bertz CT molecular complexity index is 1160. The van der Waals surface area contributed by atoms with Crippen LogP contribution in [0, 0.1) is 5.82 Å². The largest absolute Gasteiger partial charge is 0.354 e. The van der Waals surface area contributed by atoms with Crippen LogP contribution in [0.15, 0.2) is 65.3 Å². The van der Waals surface area contributed by atoms with E-state index in [0.29, 0.717) is 17.4 Å². The molecule has 1 aromatic heterocycles. The molecule has 0 saturated carbocycles. The first kappa shape index (κ1) is 23.0. The van der Waals surface area contributed by atoms with Crippen molar-refractivity contribution in [3.8, 4) is 0 Å². The van der Waals surface area contributed by atoms with Gasteiger partial charge in [0.2, 0.25) is 11.8 Å². The minimum atomic E-state index is -0.357. The zero-order valence-corrected chi connectivity index (χ0v) is 19.2. The number of hydrogen-bond donors (Lipinski definition) is 2. The standard InChI is InChI=1S/C25H27FN4O2S/c26-19-10-12-20(13-11-19)28-24(32)17-33-25-29-21-8-4-5-9-22(21)30(25)16-23(31)27-15-14-18-6-2-1-3-7-18/h4-6,8-13H,1-3,7,14-17H2,(H,27,31)(H,28,32). The highest BCUT2D eigenvalue weighted by Crippen LogP contribution is 2.24. The Morgan fingerprint density at radius 1 is 1.06 bits per heavy atom. The van der Waals surface area contributed by atoms with Gasteiger partial charge in [-0.15, -0.1) is 0 Å². The topological polar surface area (TPSA) is 76.0 Å². The van der Waals surface area contributed by atoms with Gasteiger partial charge in [-0.05, 0) is 68.5 Å². The smallest absolute Gasteiger partial charge is 0.240 e. The van der Waals surface area contributed by atoms with E-state index in [4.69, 9.17) is 0 Å². The molecular weight excluding hydrogens is 439 g/mol. The summed E-state index contributed by atoms with van der Waals surface area (Å²) >= 11 is 1.27. The second kappa shape index (κ2) is 11.1. The van der Waals surface area contributed by atoms with Gasteiger partial charge in [-0.2, -0.15) is 0 Å². The predicted octanol–water partition coefficient (Wildman–Crippen LogP) is 4.91. The molecule has 2 aromatic carbocycles. The Morgan fingerprint density at radius 3 is 2.67 bits per heavy atom. The molecule has 0 radical (unpaired) electrons. The fraction of sp³-hybridized carbons (Fsp3) is 0.320. The average molecular weight is 467 g/mol. The molecule has 1 heterocycles. The number of nitrogens with one attached hydrogen (secondary N) is 2. The lowest BCUT2D eigenvalue weighted by Gasteiger charge is -2.13. The van der Waals surface area contributed by atoms with Crippen LogP contribution < -0.4 is 10.6 Å². The van der Waals surface area contributed by atoms with Crippen molar-refractivity contribution < 1.29 is 14.0 Å². The highest BCUT2D eigenvalue weighted by molar-refractivity contribution is 7.99. The molecule has 4 rings (SSSR count). The van der Waals surface area contributed by atoms with Gasteiger partial charge in [0.15, 0.2) is 5.16 Å². The zero-order chi connectivity index (χ0) is 23.0. The molecule has 3 aromatic rings. The minimum Gasteiger partial charge on any atom is -0.354 e. The number of carbonyl (C=O) groups excluding carboxylic acids is 2. The Hall–Kier alpha value is -3.13. The van der Waals surface area contributed by atoms with Crippen molar-refractivity contribution in [2.24, 2.45) is 0 Å². The second-order valence-corrected chi connectivity index (χ2v) is 8.96. The average Bonchev–Trinajstić information content (AvgIpc) is 3.17. The highest BCUT2D eigenvalue weighted by atomic mass is 32.2. The first-order chi connectivity index (χ1) is 16.1. The Labute approximate surface area is 196 Å². The van der Waals surface area contributed by atoms with Gasteiger partial charge in [0.05, 0.1) is 16.8 Å². The van der Waals surface area contributed by atoms with Crippen molar-refractivity contribution in [3.63, 3.8) is 0 Å². The molecule has 33 heavy (non-hydrogen) atoms. The van der Waals surface area contributed by atoms with Gasteiger partial charge in [-0.25, -0.2) is 9.37 Å². The number of hydrogen-bond acceptors (Lipinski definition) is 4. The molecule has 172 valence electrons. The number of halogens is 1. The number of rotatable bonds is 9. The van der Waals surface area contributed by atoms with Crippen LogP contribution in [0.25, 0.3) is 11.0 Å². The van der Waals surface area contributed by atoms with Crippen LogP contribution in [-0.4, -0.2) is 33.7 Å². The van der Waals surface area contributed by atoms with Crippen molar-refractivity contribution in [2.45, 2.75) is 43.8 Å². The van der Waals surface area contributed by atoms with Gasteiger partial charge in [0, 0.05) is 12.2 Å². The van der Waals surface area contributed by atoms with E-state index < -0.39 is 0 Å². The maximum absolute atomic E-state index is 13.1. The predicted molar refractivity (Wildman–Crippen MR) is 130 cm³/mol. The maximum Gasteiger partial charge on any atom is 0.240 e. The van der Waals surface area contributed by atoms with Crippen molar-refractivity contribution in [2.75, 3.05) is 17.6 Å². The molecule has 0 spiro atoms. The SMILES string of the molecule is O=C(Cn1c(SCC(=O)Nc2ccc(F)cc2)nc2ccccc21)NCCC1=CCCCC1. The van der Waals surface area contributed by atoms with Gasteiger partial charge in [-0.3, -0.25) is 9.59 Å². The monoisotopic (exact) mass is 466 g/mol. The Kier molecular flexibility index (Phi) is 7.78. The van der Waals surface area contributed by atoms with Crippen molar-refractivity contribution in [1.29, 1.82) is 0 Å². The quantitative estimate of drug-likeness (QED) is 0.347. The van der Waals surface area contributed by atoms with Gasteiger partial charge in [-0.1, -0.05) is 35.5 Å². The molecule has 8 heteroatoms. The molecule has 2 amide bonds. The van der Waals surface area contributed by atoms with E-state index >= 15 is 0 Å². The summed E-state index contributed by atoms with van der Waals surface area (Å²) in [5, 5.41) is 6.37. The molecule has 0 saturated heterocycles. The third kappa shape index (κ3) is 6.44. The zero-order valence-electron chi connectivity index (χ0n) is 18.4. The number of amides is 2. The van der Waals surface area contributed by atoms with E-state index in [9.17, 15) is 14.0 Å². The van der Waals surface area contributed by atoms with Crippen LogP contribution in [0.1, 0.15) is 32.1 Å². The van der Waals surface area contributed by atoms with Crippen LogP contribution in [-0.2, 0) is 16.1 Å². The summed E-state index contributed by atoms with van der Waals surface area (Å²) in [6.45, 7) is 0.765. The molecule has 0 unspecified atom stereocenters. The molecule has 6 nitrogen and oxygen atoms in total. The van der Waals surface area contributed by atoms with E-state index in [0.717, 1.165) is 30.3 Å². The lowest BCUT2D eigenvalue weighted by atomic mass is 9.97. The summed E-state index contributed by atoms with van der Waals surface area (Å²) in [6.07, 6.45) is 7.94. The molecule has 1 aliphatic rings. The Balaban J connectivity index is 1.37. The van der Waals surface area contributed by atoms with Crippen molar-refractivity contribution in [3.05, 3.63) is 66.0 Å². The normalized spacial score (nSPS) is 13.5. The number of benzene rings is 2. The number of allylic oxidation sites excluding steroid dienone is 1. The van der Waals surface area contributed by atoms with Crippen molar-refractivity contribution in [1.82, 2.24) is 14.9 Å². The fourth-order valence-electron chi connectivity index (χ4n) is 3.87. The van der Waals surface area contributed by atoms with Gasteiger partial charge >= 0.3 is 0 Å². The van der Waals surface area contributed by atoms with Crippen molar-refractivity contribution >= 4 is 40.3 Å². The number of anilines is 1. The maximum atomic E-state index is 13.1. The summed E-state index contributed by atoms with van der Waals surface area (Å²) in [5.41, 5.74) is 3.59. The van der Waals surface area contributed by atoms with Crippen LogP contribution in [0.3, 0.4) is 0 Å². The lowest BCUT2D eigenvalue weighted by Crippen LogP contribution is -2.29. The summed E-state index contributed by atoms with van der Waals surface area (Å²) in [6, 6.07) is 13.2. The molecule has 1 aliphatic carbocycles. The number of imidazole rings is 1. The summed E-state index contributed by atoms with van der Waals surface area (Å²) in [5.74, 6) is -0.538. The second-order valence-electron chi connectivity index (χ2n) is 8.02. The number of nitrogens with zero attached hydrogens (tertiary/aromatic N) is 2. The van der Waals surface area contributed by atoms with Gasteiger partial charge in [0.1, 0.15) is 12.4 Å². The highest BCUT2D eigenvalue weighted by Gasteiger charge is 2.16. The molecule has 0 atom stereocenters. The van der Waals surface area contributed by atoms with E-state index in [1.54, 1.807) is 0 Å². The number of thioether (sulfide) groups is 1.